The van der Waals surface area contributed by atoms with Gasteiger partial charge in [-0.15, -0.1) is 0 Å². The number of hydrogen-bond acceptors (Lipinski definition) is 5. The number of aryl methyl sites for hydroxylation is 1. The van der Waals surface area contributed by atoms with Crippen LogP contribution in [0.1, 0.15) is 28.5 Å². The van der Waals surface area contributed by atoms with Crippen molar-refractivity contribution in [2.45, 2.75) is 13.0 Å². The summed E-state index contributed by atoms with van der Waals surface area (Å²) in [4.78, 5) is 8.83. The molecule has 1 aromatic heterocycles. The Balaban J connectivity index is 1.64. The summed E-state index contributed by atoms with van der Waals surface area (Å²) in [5, 5.41) is 25.1. The minimum absolute atomic E-state index is 0.394. The highest BCUT2D eigenvalue weighted by molar-refractivity contribution is 5.83. The van der Waals surface area contributed by atoms with Gasteiger partial charge in [-0.1, -0.05) is 36.4 Å². The summed E-state index contributed by atoms with van der Waals surface area (Å²) >= 11 is 0. The number of benzene rings is 3. The first-order chi connectivity index (χ1) is 13.6. The van der Waals surface area contributed by atoms with Gasteiger partial charge in [-0.25, -0.2) is 9.97 Å². The first kappa shape index (κ1) is 17.7. The molecule has 4 aromatic rings. The summed E-state index contributed by atoms with van der Waals surface area (Å²) in [5.41, 5.74) is 3.51. The highest BCUT2D eigenvalue weighted by atomic mass is 16.3. The molecule has 0 radical (unpaired) electrons. The summed E-state index contributed by atoms with van der Waals surface area (Å²) in [6, 6.07) is 23.1. The van der Waals surface area contributed by atoms with Crippen LogP contribution in [0.15, 0.2) is 72.9 Å². The molecule has 5 nitrogen and oxygen atoms in total. The van der Waals surface area contributed by atoms with Crippen LogP contribution in [-0.2, 0) is 0 Å². The largest absolute Gasteiger partial charge is 0.382 e. The molecule has 0 fully saturated rings. The number of rotatable bonds is 4. The Bertz CT molecular complexity index is 1180. The van der Waals surface area contributed by atoms with E-state index >= 15 is 0 Å². The molecule has 5 heteroatoms. The smallest absolute Gasteiger partial charge is 0.227 e. The van der Waals surface area contributed by atoms with Gasteiger partial charge in [0.2, 0.25) is 5.95 Å². The molecule has 0 saturated heterocycles. The Kier molecular flexibility index (Phi) is 4.71. The van der Waals surface area contributed by atoms with E-state index in [4.69, 9.17) is 5.26 Å². The van der Waals surface area contributed by atoms with Gasteiger partial charge in [0.25, 0.3) is 0 Å². The van der Waals surface area contributed by atoms with E-state index in [2.05, 4.69) is 21.4 Å². The fraction of sp³-hybridized carbons (Fsp3) is 0.0870. The summed E-state index contributed by atoms with van der Waals surface area (Å²) in [6.45, 7) is 1.88. The average Bonchev–Trinajstić information content (AvgIpc) is 2.75. The maximum absolute atomic E-state index is 10.9. The van der Waals surface area contributed by atoms with Crippen molar-refractivity contribution in [1.29, 1.82) is 5.26 Å². The molecule has 4 rings (SSSR count). The van der Waals surface area contributed by atoms with Crippen LogP contribution in [0.25, 0.3) is 10.8 Å². The Morgan fingerprint density at radius 3 is 2.50 bits per heavy atom. The second kappa shape index (κ2) is 7.47. The standard InChI is InChI=1S/C23H18N4O/c1-15-14-25-23(26-20-10-6-16(13-24)7-11-20)27-21(15)22(28)19-9-8-17-4-2-3-5-18(17)12-19/h2-12,14,22,28H,1H3,(H,25,26,27). The SMILES string of the molecule is Cc1cnc(Nc2ccc(C#N)cc2)nc1C(O)c1ccc2ccccc2c1. The first-order valence-electron chi connectivity index (χ1n) is 8.91. The van der Waals surface area contributed by atoms with Crippen LogP contribution in [0.3, 0.4) is 0 Å². The van der Waals surface area contributed by atoms with Crippen molar-refractivity contribution >= 4 is 22.4 Å². The Hall–Kier alpha value is -3.75. The molecule has 2 N–H and O–H groups in total. The summed E-state index contributed by atoms with van der Waals surface area (Å²) in [5.74, 6) is 0.394. The number of aliphatic hydroxyl groups excluding tert-OH is 1. The molecule has 0 aliphatic heterocycles. The molecule has 136 valence electrons. The molecule has 0 bridgehead atoms. The number of nitrogens with one attached hydrogen (secondary N) is 1. The van der Waals surface area contributed by atoms with Crippen LogP contribution >= 0.6 is 0 Å². The van der Waals surface area contributed by atoms with Crippen LogP contribution in [0, 0.1) is 18.3 Å². The van der Waals surface area contributed by atoms with Crippen molar-refractivity contribution in [2.24, 2.45) is 0 Å². The maximum atomic E-state index is 10.9. The van der Waals surface area contributed by atoms with Crippen LogP contribution in [0.2, 0.25) is 0 Å². The van der Waals surface area contributed by atoms with Gasteiger partial charge in [-0.3, -0.25) is 0 Å². The first-order valence-corrected chi connectivity index (χ1v) is 8.91. The van der Waals surface area contributed by atoms with Crippen molar-refractivity contribution < 1.29 is 5.11 Å². The highest BCUT2D eigenvalue weighted by Crippen LogP contribution is 2.27. The maximum Gasteiger partial charge on any atom is 0.227 e. The molecule has 1 unspecified atom stereocenters. The minimum atomic E-state index is -0.853. The molecule has 1 atom stereocenters. The van der Waals surface area contributed by atoms with Crippen LogP contribution in [0.4, 0.5) is 11.6 Å². The molecule has 0 aliphatic carbocycles. The average molecular weight is 366 g/mol. The van der Waals surface area contributed by atoms with Crippen molar-refractivity contribution in [3.8, 4) is 6.07 Å². The molecule has 0 amide bonds. The van der Waals surface area contributed by atoms with E-state index in [0.29, 0.717) is 17.2 Å². The number of nitriles is 1. The van der Waals surface area contributed by atoms with E-state index < -0.39 is 6.10 Å². The van der Waals surface area contributed by atoms with Gasteiger partial charge in [0.1, 0.15) is 6.10 Å². The van der Waals surface area contributed by atoms with Gasteiger partial charge in [0.05, 0.1) is 17.3 Å². The highest BCUT2D eigenvalue weighted by Gasteiger charge is 2.16. The zero-order chi connectivity index (χ0) is 19.5. The van der Waals surface area contributed by atoms with E-state index in [1.165, 1.54) is 0 Å². The molecule has 3 aromatic carbocycles. The van der Waals surface area contributed by atoms with Crippen molar-refractivity contribution in [3.05, 3.63) is 95.3 Å². The van der Waals surface area contributed by atoms with E-state index in [9.17, 15) is 5.11 Å². The third-order valence-corrected chi connectivity index (χ3v) is 4.63. The Labute approximate surface area is 162 Å². The second-order valence-corrected chi connectivity index (χ2v) is 6.59. The number of nitrogens with zero attached hydrogens (tertiary/aromatic N) is 3. The minimum Gasteiger partial charge on any atom is -0.382 e. The fourth-order valence-corrected chi connectivity index (χ4v) is 3.09. The molecule has 0 aliphatic rings. The van der Waals surface area contributed by atoms with Gasteiger partial charge < -0.3 is 10.4 Å². The van der Waals surface area contributed by atoms with E-state index in [0.717, 1.165) is 27.6 Å². The van der Waals surface area contributed by atoms with E-state index in [1.54, 1.807) is 30.5 Å². The lowest BCUT2D eigenvalue weighted by molar-refractivity contribution is 0.214. The molecule has 1 heterocycles. The summed E-state index contributed by atoms with van der Waals surface area (Å²) in [6.07, 6.45) is 0.840. The quantitative estimate of drug-likeness (QED) is 0.550. The number of hydrogen-bond donors (Lipinski definition) is 2. The normalized spacial score (nSPS) is 11.8. The zero-order valence-corrected chi connectivity index (χ0v) is 15.3. The van der Waals surface area contributed by atoms with Crippen molar-refractivity contribution in [3.63, 3.8) is 0 Å². The summed E-state index contributed by atoms with van der Waals surface area (Å²) in [7, 11) is 0. The number of aromatic nitrogens is 2. The van der Waals surface area contributed by atoms with Gasteiger partial charge in [-0.2, -0.15) is 5.26 Å². The monoisotopic (exact) mass is 366 g/mol. The van der Waals surface area contributed by atoms with Gasteiger partial charge in [0.15, 0.2) is 0 Å². The van der Waals surface area contributed by atoms with Crippen molar-refractivity contribution in [1.82, 2.24) is 9.97 Å². The number of fused-ring (bicyclic) bond motifs is 1. The topological polar surface area (TPSA) is 81.8 Å². The zero-order valence-electron chi connectivity index (χ0n) is 15.3. The Morgan fingerprint density at radius 2 is 1.75 bits per heavy atom. The van der Waals surface area contributed by atoms with Gasteiger partial charge >= 0.3 is 0 Å². The third-order valence-electron chi connectivity index (χ3n) is 4.63. The van der Waals surface area contributed by atoms with Gasteiger partial charge in [0, 0.05) is 11.9 Å². The lowest BCUT2D eigenvalue weighted by Crippen LogP contribution is -2.08. The van der Waals surface area contributed by atoms with Gasteiger partial charge in [-0.05, 0) is 59.2 Å². The Morgan fingerprint density at radius 1 is 1.00 bits per heavy atom. The van der Waals surface area contributed by atoms with Crippen molar-refractivity contribution in [2.75, 3.05) is 5.32 Å². The fourth-order valence-electron chi connectivity index (χ4n) is 3.09. The van der Waals surface area contributed by atoms with Crippen LogP contribution < -0.4 is 5.32 Å². The lowest BCUT2D eigenvalue weighted by atomic mass is 10.00. The molecular weight excluding hydrogens is 348 g/mol. The molecule has 0 saturated carbocycles. The molecule has 0 spiro atoms. The third kappa shape index (κ3) is 3.54. The van der Waals surface area contributed by atoms with E-state index in [-0.39, 0.29) is 0 Å². The predicted octanol–water partition coefficient (Wildman–Crippen LogP) is 4.64. The van der Waals surface area contributed by atoms with E-state index in [1.807, 2.05) is 49.4 Å². The molecular formula is C23H18N4O. The number of aliphatic hydroxyl groups is 1. The second-order valence-electron chi connectivity index (χ2n) is 6.59. The summed E-state index contributed by atoms with van der Waals surface area (Å²) < 4.78 is 0. The molecule has 28 heavy (non-hydrogen) atoms. The lowest BCUT2D eigenvalue weighted by Gasteiger charge is -2.15. The predicted molar refractivity (Wildman–Crippen MR) is 109 cm³/mol. The van der Waals surface area contributed by atoms with Crippen LogP contribution in [0.5, 0.6) is 0 Å². The number of anilines is 2. The van der Waals surface area contributed by atoms with Crippen LogP contribution in [-0.4, -0.2) is 15.1 Å².